The molecule has 168 valence electrons. The number of fused-ring (bicyclic) bond motifs is 1. The van der Waals surface area contributed by atoms with Gasteiger partial charge in [0.15, 0.2) is 0 Å². The molecule has 8 nitrogen and oxygen atoms in total. The van der Waals surface area contributed by atoms with Crippen molar-refractivity contribution in [1.82, 2.24) is 24.8 Å². The van der Waals surface area contributed by atoms with E-state index in [2.05, 4.69) is 63.2 Å². The van der Waals surface area contributed by atoms with Crippen molar-refractivity contribution < 1.29 is 4.79 Å². The average Bonchev–Trinajstić information content (AvgIpc) is 2.78. The van der Waals surface area contributed by atoms with Gasteiger partial charge in [0.1, 0.15) is 5.82 Å². The molecule has 1 amide bonds. The molecular formula is C24H31N7O. The van der Waals surface area contributed by atoms with Crippen molar-refractivity contribution in [2.24, 2.45) is 5.92 Å². The SMILES string of the molecule is CC(C)Nc1cncc(-c2ccc3cnc(NC(=O)C4CCN(C(C)C)CC4)nc3c2)n1. The Morgan fingerprint density at radius 2 is 1.84 bits per heavy atom. The molecule has 0 spiro atoms. The first-order chi connectivity index (χ1) is 15.4. The van der Waals surface area contributed by atoms with Crippen molar-refractivity contribution >= 4 is 28.6 Å². The van der Waals surface area contributed by atoms with Gasteiger partial charge in [0.2, 0.25) is 11.9 Å². The maximum Gasteiger partial charge on any atom is 0.229 e. The summed E-state index contributed by atoms with van der Waals surface area (Å²) in [6, 6.07) is 6.69. The minimum atomic E-state index is 0.00195. The Labute approximate surface area is 188 Å². The number of carbonyl (C=O) groups is 1. The quantitative estimate of drug-likeness (QED) is 0.607. The number of carbonyl (C=O) groups excluding carboxylic acids is 1. The average molecular weight is 434 g/mol. The lowest BCUT2D eigenvalue weighted by Crippen LogP contribution is -2.41. The van der Waals surface area contributed by atoms with Gasteiger partial charge in [-0.15, -0.1) is 0 Å². The fourth-order valence-corrected chi connectivity index (χ4v) is 4.00. The fraction of sp³-hybridized carbons (Fsp3) is 0.458. The first-order valence-corrected chi connectivity index (χ1v) is 11.3. The topological polar surface area (TPSA) is 95.9 Å². The number of benzene rings is 1. The number of piperidine rings is 1. The van der Waals surface area contributed by atoms with E-state index < -0.39 is 0 Å². The van der Waals surface area contributed by atoms with Gasteiger partial charge in [-0.1, -0.05) is 12.1 Å². The van der Waals surface area contributed by atoms with E-state index >= 15 is 0 Å². The summed E-state index contributed by atoms with van der Waals surface area (Å²) < 4.78 is 0. The van der Waals surface area contributed by atoms with E-state index in [1.54, 1.807) is 18.6 Å². The van der Waals surface area contributed by atoms with Crippen LogP contribution >= 0.6 is 0 Å². The molecule has 2 aromatic heterocycles. The van der Waals surface area contributed by atoms with Crippen LogP contribution in [0.3, 0.4) is 0 Å². The maximum atomic E-state index is 12.8. The second-order valence-electron chi connectivity index (χ2n) is 8.95. The van der Waals surface area contributed by atoms with Gasteiger partial charge >= 0.3 is 0 Å². The van der Waals surface area contributed by atoms with Crippen LogP contribution < -0.4 is 10.6 Å². The molecule has 0 radical (unpaired) electrons. The molecule has 0 bridgehead atoms. The van der Waals surface area contributed by atoms with E-state index in [0.717, 1.165) is 53.9 Å². The van der Waals surface area contributed by atoms with Crippen LogP contribution in [0.15, 0.2) is 36.8 Å². The van der Waals surface area contributed by atoms with Gasteiger partial charge in [-0.05, 0) is 59.7 Å². The zero-order chi connectivity index (χ0) is 22.7. The zero-order valence-electron chi connectivity index (χ0n) is 19.2. The highest BCUT2D eigenvalue weighted by atomic mass is 16.2. The predicted octanol–water partition coefficient (Wildman–Crippen LogP) is 3.97. The van der Waals surface area contributed by atoms with E-state index in [1.807, 2.05) is 18.2 Å². The lowest BCUT2D eigenvalue weighted by atomic mass is 9.95. The van der Waals surface area contributed by atoms with Crippen LogP contribution in [0.1, 0.15) is 40.5 Å². The zero-order valence-corrected chi connectivity index (χ0v) is 19.2. The minimum Gasteiger partial charge on any atom is -0.367 e. The summed E-state index contributed by atoms with van der Waals surface area (Å²) >= 11 is 0. The van der Waals surface area contributed by atoms with Crippen LogP contribution in [0.5, 0.6) is 0 Å². The molecule has 0 unspecified atom stereocenters. The van der Waals surface area contributed by atoms with Gasteiger partial charge in [0.05, 0.1) is 23.6 Å². The summed E-state index contributed by atoms with van der Waals surface area (Å²) in [4.78, 5) is 33.1. The Morgan fingerprint density at radius 1 is 1.06 bits per heavy atom. The predicted molar refractivity (Wildman–Crippen MR) is 127 cm³/mol. The van der Waals surface area contributed by atoms with Gasteiger partial charge in [0, 0.05) is 35.1 Å². The molecular weight excluding hydrogens is 402 g/mol. The van der Waals surface area contributed by atoms with Crippen molar-refractivity contribution in [3.05, 3.63) is 36.8 Å². The minimum absolute atomic E-state index is 0.00195. The van der Waals surface area contributed by atoms with Crippen molar-refractivity contribution in [3.8, 4) is 11.3 Å². The number of aromatic nitrogens is 4. The molecule has 0 atom stereocenters. The molecule has 8 heteroatoms. The Balaban J connectivity index is 1.50. The Bertz CT molecular complexity index is 1090. The van der Waals surface area contributed by atoms with Crippen molar-refractivity contribution in [2.45, 2.75) is 52.6 Å². The molecule has 0 saturated carbocycles. The number of hydrogen-bond donors (Lipinski definition) is 2. The number of likely N-dealkylation sites (tertiary alicyclic amines) is 1. The molecule has 1 aliphatic heterocycles. The van der Waals surface area contributed by atoms with Crippen LogP contribution in [0.2, 0.25) is 0 Å². The summed E-state index contributed by atoms with van der Waals surface area (Å²) in [5.41, 5.74) is 2.43. The Kier molecular flexibility index (Phi) is 6.60. The van der Waals surface area contributed by atoms with Crippen LogP contribution in [0.25, 0.3) is 22.2 Å². The van der Waals surface area contributed by atoms with Crippen molar-refractivity contribution in [3.63, 3.8) is 0 Å². The summed E-state index contributed by atoms with van der Waals surface area (Å²) in [5, 5.41) is 7.10. The maximum absolute atomic E-state index is 12.8. The number of amides is 1. The largest absolute Gasteiger partial charge is 0.367 e. The molecule has 1 saturated heterocycles. The second-order valence-corrected chi connectivity index (χ2v) is 8.95. The third-order valence-electron chi connectivity index (χ3n) is 5.82. The van der Waals surface area contributed by atoms with Crippen LogP contribution in [0.4, 0.5) is 11.8 Å². The number of nitrogens with one attached hydrogen (secondary N) is 2. The summed E-state index contributed by atoms with van der Waals surface area (Å²) in [6.07, 6.45) is 6.92. The summed E-state index contributed by atoms with van der Waals surface area (Å²) in [7, 11) is 0. The van der Waals surface area contributed by atoms with E-state index in [9.17, 15) is 4.79 Å². The Hall–Kier alpha value is -3.13. The number of rotatable bonds is 6. The van der Waals surface area contributed by atoms with Gasteiger partial charge in [0.25, 0.3) is 0 Å². The second kappa shape index (κ2) is 9.56. The lowest BCUT2D eigenvalue weighted by molar-refractivity contribution is -0.121. The van der Waals surface area contributed by atoms with Gasteiger partial charge in [-0.25, -0.2) is 15.0 Å². The number of hydrogen-bond acceptors (Lipinski definition) is 7. The summed E-state index contributed by atoms with van der Waals surface area (Å²) in [6.45, 7) is 10.4. The molecule has 2 N–H and O–H groups in total. The first kappa shape index (κ1) is 22.1. The molecule has 1 aromatic carbocycles. The molecule has 4 rings (SSSR count). The standard InChI is InChI=1S/C24H31N7O/c1-15(2)27-22-14-25-13-21(28-22)18-5-6-19-12-26-24(29-20(19)11-18)30-23(32)17-7-9-31(10-8-17)16(3)4/h5-6,11-17H,7-10H2,1-4H3,(H,27,28)(H,26,29,30,32). The summed E-state index contributed by atoms with van der Waals surface area (Å²) in [5.74, 6) is 1.08. The number of nitrogens with zero attached hydrogens (tertiary/aromatic N) is 5. The molecule has 1 aliphatic rings. The van der Waals surface area contributed by atoms with Crippen LogP contribution in [-0.2, 0) is 4.79 Å². The number of anilines is 2. The van der Waals surface area contributed by atoms with Crippen molar-refractivity contribution in [2.75, 3.05) is 23.7 Å². The molecule has 0 aliphatic carbocycles. The highest BCUT2D eigenvalue weighted by Crippen LogP contribution is 2.24. The molecule has 32 heavy (non-hydrogen) atoms. The third-order valence-corrected chi connectivity index (χ3v) is 5.82. The Morgan fingerprint density at radius 3 is 2.56 bits per heavy atom. The molecule has 3 aromatic rings. The third kappa shape index (κ3) is 5.19. The fourth-order valence-electron chi connectivity index (χ4n) is 4.00. The smallest absolute Gasteiger partial charge is 0.229 e. The van der Waals surface area contributed by atoms with E-state index in [-0.39, 0.29) is 17.9 Å². The normalized spacial score (nSPS) is 15.4. The van der Waals surface area contributed by atoms with Gasteiger partial charge in [-0.3, -0.25) is 15.1 Å². The highest BCUT2D eigenvalue weighted by Gasteiger charge is 2.26. The van der Waals surface area contributed by atoms with E-state index in [0.29, 0.717) is 12.0 Å². The molecule has 1 fully saturated rings. The molecule has 3 heterocycles. The van der Waals surface area contributed by atoms with Gasteiger partial charge < -0.3 is 10.2 Å². The first-order valence-electron chi connectivity index (χ1n) is 11.3. The van der Waals surface area contributed by atoms with E-state index in [4.69, 9.17) is 0 Å². The highest BCUT2D eigenvalue weighted by molar-refractivity contribution is 5.92. The van der Waals surface area contributed by atoms with Crippen LogP contribution in [0, 0.1) is 5.92 Å². The van der Waals surface area contributed by atoms with Crippen molar-refractivity contribution in [1.29, 1.82) is 0 Å². The van der Waals surface area contributed by atoms with Crippen LogP contribution in [-0.4, -0.2) is 55.9 Å². The lowest BCUT2D eigenvalue weighted by Gasteiger charge is -2.33. The van der Waals surface area contributed by atoms with Gasteiger partial charge in [-0.2, -0.15) is 0 Å². The monoisotopic (exact) mass is 433 g/mol. The van der Waals surface area contributed by atoms with E-state index in [1.165, 1.54) is 0 Å².